The lowest BCUT2D eigenvalue weighted by Gasteiger charge is -2.10. The van der Waals surface area contributed by atoms with E-state index in [1.807, 2.05) is 35.7 Å². The van der Waals surface area contributed by atoms with Crippen molar-refractivity contribution in [2.45, 2.75) is 26.3 Å². The SMILES string of the molecule is CC(C)c1ccc(N=c2scc(-c3ccc([N+](=O)[O-])cc3)n2Cc2ccc3c(c2)OCO3)cc1. The van der Waals surface area contributed by atoms with Gasteiger partial charge in [-0.1, -0.05) is 32.0 Å². The van der Waals surface area contributed by atoms with E-state index in [4.69, 9.17) is 14.5 Å². The maximum absolute atomic E-state index is 11.1. The monoisotopic (exact) mass is 473 g/mol. The second-order valence-electron chi connectivity index (χ2n) is 8.34. The highest BCUT2D eigenvalue weighted by atomic mass is 32.1. The third-order valence-corrected chi connectivity index (χ3v) is 6.60. The number of hydrogen-bond donors (Lipinski definition) is 0. The highest BCUT2D eigenvalue weighted by molar-refractivity contribution is 7.07. The second-order valence-corrected chi connectivity index (χ2v) is 9.18. The van der Waals surface area contributed by atoms with Crippen molar-refractivity contribution in [2.75, 3.05) is 6.79 Å². The number of thiazole rings is 1. The van der Waals surface area contributed by atoms with Crippen molar-refractivity contribution in [3.63, 3.8) is 0 Å². The lowest BCUT2D eigenvalue weighted by atomic mass is 10.0. The smallest absolute Gasteiger partial charge is 0.269 e. The Kier molecular flexibility index (Phi) is 5.90. The molecule has 0 radical (unpaired) electrons. The summed E-state index contributed by atoms with van der Waals surface area (Å²) in [5, 5.41) is 13.1. The minimum absolute atomic E-state index is 0.0662. The maximum Gasteiger partial charge on any atom is 0.269 e. The molecule has 0 saturated carbocycles. The number of ether oxygens (including phenoxy) is 2. The molecule has 2 heterocycles. The molecule has 0 atom stereocenters. The highest BCUT2D eigenvalue weighted by Crippen LogP contribution is 2.33. The van der Waals surface area contributed by atoms with Crippen molar-refractivity contribution in [3.05, 3.63) is 98.2 Å². The van der Waals surface area contributed by atoms with Crippen LogP contribution in [0.25, 0.3) is 11.3 Å². The van der Waals surface area contributed by atoms with Crippen molar-refractivity contribution in [1.82, 2.24) is 4.57 Å². The van der Waals surface area contributed by atoms with Gasteiger partial charge in [-0.3, -0.25) is 10.1 Å². The number of benzene rings is 3. The average Bonchev–Trinajstić information content (AvgIpc) is 3.46. The second kappa shape index (κ2) is 9.15. The Morgan fingerprint density at radius 1 is 1.03 bits per heavy atom. The van der Waals surface area contributed by atoms with Gasteiger partial charge >= 0.3 is 0 Å². The molecule has 5 rings (SSSR count). The van der Waals surface area contributed by atoms with Crippen LogP contribution in [0.2, 0.25) is 0 Å². The molecule has 0 N–H and O–H groups in total. The minimum Gasteiger partial charge on any atom is -0.454 e. The van der Waals surface area contributed by atoms with Gasteiger partial charge in [0, 0.05) is 17.5 Å². The summed E-state index contributed by atoms with van der Waals surface area (Å²) in [6.45, 7) is 5.13. The Morgan fingerprint density at radius 2 is 1.76 bits per heavy atom. The summed E-state index contributed by atoms with van der Waals surface area (Å²) >= 11 is 1.54. The van der Waals surface area contributed by atoms with Crippen LogP contribution in [-0.4, -0.2) is 16.3 Å². The molecule has 0 unspecified atom stereocenters. The molecule has 0 saturated heterocycles. The third-order valence-electron chi connectivity index (χ3n) is 5.73. The molecule has 34 heavy (non-hydrogen) atoms. The molecule has 4 aromatic rings. The zero-order valence-electron chi connectivity index (χ0n) is 18.8. The van der Waals surface area contributed by atoms with Crippen LogP contribution >= 0.6 is 11.3 Å². The number of fused-ring (bicyclic) bond motifs is 1. The normalized spacial score (nSPS) is 13.0. The maximum atomic E-state index is 11.1. The highest BCUT2D eigenvalue weighted by Gasteiger charge is 2.16. The van der Waals surface area contributed by atoms with Crippen LogP contribution in [0.3, 0.4) is 0 Å². The fraction of sp³-hybridized carbons (Fsp3) is 0.192. The number of nitrogens with zero attached hydrogens (tertiary/aromatic N) is 3. The van der Waals surface area contributed by atoms with E-state index in [-0.39, 0.29) is 17.4 Å². The van der Waals surface area contributed by atoms with E-state index in [0.29, 0.717) is 12.5 Å². The van der Waals surface area contributed by atoms with Crippen LogP contribution in [0, 0.1) is 10.1 Å². The van der Waals surface area contributed by atoms with Crippen LogP contribution in [0.4, 0.5) is 11.4 Å². The van der Waals surface area contributed by atoms with Gasteiger partial charge in [0.25, 0.3) is 5.69 Å². The topological polar surface area (TPSA) is 78.9 Å². The van der Waals surface area contributed by atoms with Gasteiger partial charge in [-0.05, 0) is 59.0 Å². The Labute approximate surface area is 200 Å². The van der Waals surface area contributed by atoms with Gasteiger partial charge in [0.05, 0.1) is 22.8 Å². The van der Waals surface area contributed by atoms with Gasteiger partial charge in [0.15, 0.2) is 16.3 Å². The van der Waals surface area contributed by atoms with E-state index >= 15 is 0 Å². The van der Waals surface area contributed by atoms with Gasteiger partial charge in [-0.2, -0.15) is 0 Å². The lowest BCUT2D eigenvalue weighted by Crippen LogP contribution is -2.16. The summed E-state index contributed by atoms with van der Waals surface area (Å²) in [7, 11) is 0. The van der Waals surface area contributed by atoms with Crippen molar-refractivity contribution in [1.29, 1.82) is 0 Å². The Hall–Kier alpha value is -3.91. The molecule has 0 bridgehead atoms. The van der Waals surface area contributed by atoms with E-state index in [0.717, 1.165) is 38.8 Å². The number of nitro groups is 1. The zero-order chi connectivity index (χ0) is 23.7. The summed E-state index contributed by atoms with van der Waals surface area (Å²) in [6.07, 6.45) is 0. The Morgan fingerprint density at radius 3 is 2.47 bits per heavy atom. The molecule has 7 nitrogen and oxygen atoms in total. The molecule has 172 valence electrons. The van der Waals surface area contributed by atoms with Gasteiger partial charge in [-0.25, -0.2) is 4.99 Å². The first kappa shape index (κ1) is 21.9. The summed E-state index contributed by atoms with van der Waals surface area (Å²) in [5.41, 5.74) is 5.08. The Balaban J connectivity index is 1.57. The largest absolute Gasteiger partial charge is 0.454 e. The zero-order valence-corrected chi connectivity index (χ0v) is 19.6. The average molecular weight is 474 g/mol. The third kappa shape index (κ3) is 4.45. The standard InChI is InChI=1S/C26H23N3O4S/c1-17(2)19-4-8-21(9-5-19)27-26-28(14-18-3-12-24-25(13-18)33-16-32-24)23(15-34-26)20-6-10-22(11-7-20)29(30)31/h3-13,15,17H,14,16H2,1-2H3. The van der Waals surface area contributed by atoms with E-state index in [1.54, 1.807) is 12.1 Å². The first-order valence-electron chi connectivity index (χ1n) is 10.9. The molecule has 8 heteroatoms. The number of aromatic nitrogens is 1. The Bertz CT molecular complexity index is 1400. The number of non-ortho nitro benzene ring substituents is 1. The van der Waals surface area contributed by atoms with E-state index in [9.17, 15) is 10.1 Å². The van der Waals surface area contributed by atoms with Crippen LogP contribution < -0.4 is 14.3 Å². The fourth-order valence-corrected chi connectivity index (χ4v) is 4.75. The first-order valence-corrected chi connectivity index (χ1v) is 11.8. The summed E-state index contributed by atoms with van der Waals surface area (Å²) in [6, 6.07) is 20.8. The van der Waals surface area contributed by atoms with Crippen LogP contribution in [0.5, 0.6) is 11.5 Å². The first-order chi connectivity index (χ1) is 16.5. The van der Waals surface area contributed by atoms with E-state index in [1.165, 1.54) is 29.0 Å². The minimum atomic E-state index is -0.389. The molecule has 0 spiro atoms. The quantitative estimate of drug-likeness (QED) is 0.245. The lowest BCUT2D eigenvalue weighted by molar-refractivity contribution is -0.384. The van der Waals surface area contributed by atoms with Crippen molar-refractivity contribution in [2.24, 2.45) is 4.99 Å². The molecular weight excluding hydrogens is 450 g/mol. The van der Waals surface area contributed by atoms with Crippen LogP contribution in [0.1, 0.15) is 30.9 Å². The molecule has 3 aromatic carbocycles. The van der Waals surface area contributed by atoms with Crippen molar-refractivity contribution < 1.29 is 14.4 Å². The number of nitro benzene ring substituents is 1. The van der Waals surface area contributed by atoms with Gasteiger partial charge < -0.3 is 14.0 Å². The van der Waals surface area contributed by atoms with Gasteiger partial charge in [-0.15, -0.1) is 11.3 Å². The molecule has 1 aliphatic heterocycles. The molecule has 0 aliphatic carbocycles. The van der Waals surface area contributed by atoms with E-state index in [2.05, 4.69) is 30.5 Å². The summed E-state index contributed by atoms with van der Waals surface area (Å²) in [5.74, 6) is 1.93. The number of rotatable bonds is 6. The molecule has 1 aliphatic rings. The van der Waals surface area contributed by atoms with Crippen molar-refractivity contribution >= 4 is 22.7 Å². The van der Waals surface area contributed by atoms with Crippen molar-refractivity contribution in [3.8, 4) is 22.8 Å². The van der Waals surface area contributed by atoms with Gasteiger partial charge in [0.2, 0.25) is 6.79 Å². The summed E-state index contributed by atoms with van der Waals surface area (Å²) in [4.78, 5) is 16.5. The predicted molar refractivity (Wildman–Crippen MR) is 132 cm³/mol. The predicted octanol–water partition coefficient (Wildman–Crippen LogP) is 6.26. The van der Waals surface area contributed by atoms with Crippen LogP contribution in [-0.2, 0) is 6.54 Å². The van der Waals surface area contributed by atoms with Crippen LogP contribution in [0.15, 0.2) is 77.1 Å². The molecule has 1 aromatic heterocycles. The fourth-order valence-electron chi connectivity index (χ4n) is 3.82. The summed E-state index contributed by atoms with van der Waals surface area (Å²) < 4.78 is 13.1. The van der Waals surface area contributed by atoms with E-state index < -0.39 is 0 Å². The molecular formula is C26H23N3O4S. The van der Waals surface area contributed by atoms with Gasteiger partial charge in [0.1, 0.15) is 0 Å². The molecule has 0 fully saturated rings. The molecule has 0 amide bonds. The number of hydrogen-bond acceptors (Lipinski definition) is 6.